The lowest BCUT2D eigenvalue weighted by molar-refractivity contribution is 0.0550. The Kier molecular flexibility index (Phi) is 5.79. The zero-order valence-electron chi connectivity index (χ0n) is 13.1. The molecule has 116 valence electrons. The summed E-state index contributed by atoms with van der Waals surface area (Å²) in [5.41, 5.74) is 0.634. The molecule has 1 rings (SSSR count). The minimum atomic E-state index is -0.932. The fourth-order valence-corrected chi connectivity index (χ4v) is 1.74. The zero-order chi connectivity index (χ0) is 16.0. The van der Waals surface area contributed by atoms with E-state index in [0.717, 1.165) is 5.57 Å². The molecule has 0 fully saturated rings. The molecule has 21 heavy (non-hydrogen) atoms. The summed E-state index contributed by atoms with van der Waals surface area (Å²) in [6.07, 6.45) is 0. The number of rotatable bonds is 6. The van der Waals surface area contributed by atoms with Gasteiger partial charge in [0.15, 0.2) is 0 Å². The van der Waals surface area contributed by atoms with Crippen molar-refractivity contribution >= 4 is 11.7 Å². The Bertz CT molecular complexity index is 506. The molecule has 0 aliphatic rings. The van der Waals surface area contributed by atoms with Gasteiger partial charge in [0.2, 0.25) is 0 Å². The third-order valence-corrected chi connectivity index (χ3v) is 2.54. The van der Waals surface area contributed by atoms with E-state index in [2.05, 4.69) is 11.9 Å². The van der Waals surface area contributed by atoms with Gasteiger partial charge in [-0.25, -0.2) is 4.79 Å². The third-order valence-electron chi connectivity index (χ3n) is 2.54. The van der Waals surface area contributed by atoms with Gasteiger partial charge in [-0.1, -0.05) is 12.6 Å². The van der Waals surface area contributed by atoms with E-state index in [1.165, 1.54) is 4.90 Å². The van der Waals surface area contributed by atoms with Crippen molar-refractivity contribution in [1.29, 1.82) is 0 Å². The average Bonchev–Trinajstić information content (AvgIpc) is 2.34. The Morgan fingerprint density at radius 2 is 2.14 bits per heavy atom. The van der Waals surface area contributed by atoms with E-state index in [0.29, 0.717) is 18.0 Å². The summed E-state index contributed by atoms with van der Waals surface area (Å²) in [4.78, 5) is 13.4. The van der Waals surface area contributed by atoms with Crippen LogP contribution in [0.3, 0.4) is 0 Å². The minimum Gasteiger partial charge on any atom is -0.489 e. The number of benzene rings is 1. The molecular weight excluding hydrogens is 268 g/mol. The Balaban J connectivity index is 2.63. The average molecular weight is 292 g/mol. The number of amides is 2. The first-order chi connectivity index (χ1) is 9.67. The van der Waals surface area contributed by atoms with Gasteiger partial charge in [0.1, 0.15) is 12.4 Å². The van der Waals surface area contributed by atoms with Crippen LogP contribution in [0, 0.1) is 0 Å². The second-order valence-corrected chi connectivity index (χ2v) is 5.87. The molecule has 0 unspecified atom stereocenters. The molecule has 0 bridgehead atoms. The number of carbonyl (C=O) groups is 1. The number of nitrogens with one attached hydrogen (secondary N) is 1. The van der Waals surface area contributed by atoms with Crippen LogP contribution in [0.25, 0.3) is 0 Å². The molecule has 2 N–H and O–H groups in total. The zero-order valence-corrected chi connectivity index (χ0v) is 13.1. The fraction of sp³-hybridized carbons (Fsp3) is 0.438. The highest BCUT2D eigenvalue weighted by molar-refractivity contribution is 5.89. The number of urea groups is 1. The van der Waals surface area contributed by atoms with E-state index >= 15 is 0 Å². The molecule has 1 aromatic rings. The molecule has 0 atom stereocenters. The molecule has 1 aromatic carbocycles. The summed E-state index contributed by atoms with van der Waals surface area (Å²) >= 11 is 0. The lowest BCUT2D eigenvalue weighted by Gasteiger charge is -2.25. The van der Waals surface area contributed by atoms with Crippen molar-refractivity contribution in [2.24, 2.45) is 0 Å². The number of hydrogen-bond donors (Lipinski definition) is 2. The van der Waals surface area contributed by atoms with Crippen molar-refractivity contribution in [2.45, 2.75) is 26.4 Å². The second-order valence-electron chi connectivity index (χ2n) is 5.87. The van der Waals surface area contributed by atoms with Gasteiger partial charge in [-0.05, 0) is 38.5 Å². The number of anilines is 1. The van der Waals surface area contributed by atoms with Crippen molar-refractivity contribution in [3.05, 3.63) is 36.4 Å². The maximum Gasteiger partial charge on any atom is 0.321 e. The van der Waals surface area contributed by atoms with Crippen molar-refractivity contribution in [3.8, 4) is 5.75 Å². The molecule has 0 aliphatic heterocycles. The van der Waals surface area contributed by atoms with Crippen LogP contribution in [-0.4, -0.2) is 41.8 Å². The summed E-state index contributed by atoms with van der Waals surface area (Å²) < 4.78 is 5.53. The van der Waals surface area contributed by atoms with Crippen molar-refractivity contribution < 1.29 is 14.6 Å². The van der Waals surface area contributed by atoms with Gasteiger partial charge < -0.3 is 20.1 Å². The Labute approximate surface area is 126 Å². The lowest BCUT2D eigenvalue weighted by atomic mass is 10.1. The Morgan fingerprint density at radius 1 is 1.48 bits per heavy atom. The van der Waals surface area contributed by atoms with E-state index in [-0.39, 0.29) is 12.6 Å². The number of carbonyl (C=O) groups excluding carboxylic acids is 1. The van der Waals surface area contributed by atoms with Crippen LogP contribution >= 0.6 is 0 Å². The molecular formula is C16H24N2O3. The smallest absolute Gasteiger partial charge is 0.321 e. The molecule has 0 saturated heterocycles. The summed E-state index contributed by atoms with van der Waals surface area (Å²) in [7, 11) is 1.63. The summed E-state index contributed by atoms with van der Waals surface area (Å²) in [6, 6.07) is 6.87. The second kappa shape index (κ2) is 7.13. The lowest BCUT2D eigenvalue weighted by Crippen LogP contribution is -2.41. The summed E-state index contributed by atoms with van der Waals surface area (Å²) in [6.45, 7) is 9.65. The highest BCUT2D eigenvalue weighted by Crippen LogP contribution is 2.18. The molecule has 0 aromatic heterocycles. The van der Waals surface area contributed by atoms with Gasteiger partial charge in [0.25, 0.3) is 0 Å². The van der Waals surface area contributed by atoms with Crippen molar-refractivity contribution in [3.63, 3.8) is 0 Å². The number of ether oxygens (including phenoxy) is 1. The maximum absolute atomic E-state index is 12.0. The molecule has 0 aliphatic carbocycles. The fourth-order valence-electron chi connectivity index (χ4n) is 1.74. The molecule has 5 nitrogen and oxygen atoms in total. The van der Waals surface area contributed by atoms with Gasteiger partial charge in [0.05, 0.1) is 12.1 Å². The van der Waals surface area contributed by atoms with E-state index in [1.807, 2.05) is 13.0 Å². The molecule has 5 heteroatoms. The van der Waals surface area contributed by atoms with Gasteiger partial charge >= 0.3 is 6.03 Å². The Morgan fingerprint density at radius 3 is 2.71 bits per heavy atom. The van der Waals surface area contributed by atoms with Crippen molar-refractivity contribution in [1.82, 2.24) is 4.90 Å². The highest BCUT2D eigenvalue weighted by atomic mass is 16.5. The molecule has 2 amide bonds. The van der Waals surface area contributed by atoms with Crippen LogP contribution in [0.2, 0.25) is 0 Å². The predicted molar refractivity (Wildman–Crippen MR) is 84.7 cm³/mol. The SMILES string of the molecule is C=C(C)COc1cccc(NC(=O)N(C)CC(C)(C)O)c1. The number of aliphatic hydroxyl groups is 1. The van der Waals surface area contributed by atoms with Gasteiger partial charge in [-0.2, -0.15) is 0 Å². The van der Waals surface area contributed by atoms with Crippen molar-refractivity contribution in [2.75, 3.05) is 25.5 Å². The number of nitrogens with zero attached hydrogens (tertiary/aromatic N) is 1. The van der Waals surface area contributed by atoms with Gasteiger partial charge in [-0.15, -0.1) is 0 Å². The topological polar surface area (TPSA) is 61.8 Å². The predicted octanol–water partition coefficient (Wildman–Crippen LogP) is 2.88. The molecule has 0 heterocycles. The molecule has 0 saturated carbocycles. The molecule has 0 spiro atoms. The van der Waals surface area contributed by atoms with Gasteiger partial charge in [-0.3, -0.25) is 0 Å². The van der Waals surface area contributed by atoms with Crippen LogP contribution < -0.4 is 10.1 Å². The summed E-state index contributed by atoms with van der Waals surface area (Å²) in [5, 5.41) is 12.5. The van der Waals surface area contributed by atoms with Crippen LogP contribution in [0.5, 0.6) is 5.75 Å². The standard InChI is InChI=1S/C16H24N2O3/c1-12(2)10-21-14-8-6-7-13(9-14)17-15(19)18(5)11-16(3,4)20/h6-9,20H,1,10-11H2,2-5H3,(H,17,19). The minimum absolute atomic E-state index is 0.241. The molecule has 0 radical (unpaired) electrons. The summed E-state index contributed by atoms with van der Waals surface area (Å²) in [5.74, 6) is 0.668. The van der Waals surface area contributed by atoms with E-state index < -0.39 is 5.60 Å². The third kappa shape index (κ3) is 6.81. The monoisotopic (exact) mass is 292 g/mol. The van der Waals surface area contributed by atoms with E-state index in [1.54, 1.807) is 39.1 Å². The van der Waals surface area contributed by atoms with E-state index in [4.69, 9.17) is 4.74 Å². The largest absolute Gasteiger partial charge is 0.489 e. The van der Waals surface area contributed by atoms with Crippen LogP contribution in [0.4, 0.5) is 10.5 Å². The normalized spacial score (nSPS) is 10.9. The first-order valence-corrected chi connectivity index (χ1v) is 6.79. The maximum atomic E-state index is 12.0. The quantitative estimate of drug-likeness (QED) is 0.793. The first kappa shape index (κ1) is 17.0. The number of likely N-dealkylation sites (N-methyl/N-ethyl adjacent to an activating group) is 1. The van der Waals surface area contributed by atoms with Crippen LogP contribution in [0.1, 0.15) is 20.8 Å². The van der Waals surface area contributed by atoms with E-state index in [9.17, 15) is 9.90 Å². The van der Waals surface area contributed by atoms with Crippen LogP contribution in [0.15, 0.2) is 36.4 Å². The number of hydrogen-bond acceptors (Lipinski definition) is 3. The first-order valence-electron chi connectivity index (χ1n) is 6.79. The van der Waals surface area contributed by atoms with Gasteiger partial charge in [0, 0.05) is 18.8 Å². The highest BCUT2D eigenvalue weighted by Gasteiger charge is 2.19. The Hall–Kier alpha value is -2.01. The van der Waals surface area contributed by atoms with Crippen LogP contribution in [-0.2, 0) is 0 Å².